The van der Waals surface area contributed by atoms with Crippen molar-refractivity contribution in [1.29, 1.82) is 0 Å². The molecule has 2 aromatic heterocycles. The number of hydrogen-bond donors (Lipinski definition) is 4. The van der Waals surface area contributed by atoms with Gasteiger partial charge in [0.1, 0.15) is 11.4 Å². The number of hydrazone groups is 1. The van der Waals surface area contributed by atoms with Gasteiger partial charge in [-0.25, -0.2) is 5.43 Å². The molecular formula is C16H13N5O3. The first-order chi connectivity index (χ1) is 11.6. The number of aromatic amines is 1. The fourth-order valence-corrected chi connectivity index (χ4v) is 1.96. The number of para-hydroxylation sites is 1. The number of nitrogens with one attached hydrogen (secondary N) is 2. The van der Waals surface area contributed by atoms with Crippen molar-refractivity contribution < 1.29 is 15.0 Å². The first-order valence-corrected chi connectivity index (χ1v) is 6.96. The van der Waals surface area contributed by atoms with E-state index < -0.39 is 5.91 Å². The Kier molecular flexibility index (Phi) is 4.19. The predicted octanol–water partition coefficient (Wildman–Crippen LogP) is 1.65. The van der Waals surface area contributed by atoms with Crippen LogP contribution in [0.1, 0.15) is 16.1 Å². The van der Waals surface area contributed by atoms with E-state index in [-0.39, 0.29) is 22.8 Å². The van der Waals surface area contributed by atoms with Crippen LogP contribution in [0.4, 0.5) is 0 Å². The van der Waals surface area contributed by atoms with Crippen molar-refractivity contribution >= 4 is 12.1 Å². The van der Waals surface area contributed by atoms with Gasteiger partial charge in [-0.05, 0) is 30.3 Å². The van der Waals surface area contributed by atoms with Gasteiger partial charge < -0.3 is 10.2 Å². The highest BCUT2D eigenvalue weighted by molar-refractivity contribution is 5.94. The van der Waals surface area contributed by atoms with E-state index in [9.17, 15) is 15.0 Å². The third-order valence-corrected chi connectivity index (χ3v) is 3.17. The minimum Gasteiger partial charge on any atom is -0.504 e. The number of phenolic OH excluding ortho intramolecular Hbond substituents is 2. The summed E-state index contributed by atoms with van der Waals surface area (Å²) in [6, 6.07) is 11.4. The van der Waals surface area contributed by atoms with Crippen LogP contribution in [-0.4, -0.2) is 37.5 Å². The van der Waals surface area contributed by atoms with E-state index in [0.29, 0.717) is 11.4 Å². The summed E-state index contributed by atoms with van der Waals surface area (Å²) in [4.78, 5) is 16.1. The minimum absolute atomic E-state index is 0.216. The molecule has 8 heteroatoms. The van der Waals surface area contributed by atoms with E-state index in [2.05, 4.69) is 25.7 Å². The molecule has 0 fully saturated rings. The van der Waals surface area contributed by atoms with E-state index in [1.54, 1.807) is 36.5 Å². The number of amides is 1. The lowest BCUT2D eigenvalue weighted by atomic mass is 10.2. The Balaban J connectivity index is 1.69. The quantitative estimate of drug-likeness (QED) is 0.330. The molecule has 0 aliphatic rings. The van der Waals surface area contributed by atoms with Crippen LogP contribution in [0.3, 0.4) is 0 Å². The summed E-state index contributed by atoms with van der Waals surface area (Å²) in [5.74, 6) is -1.08. The number of phenols is 2. The number of pyridine rings is 1. The smallest absolute Gasteiger partial charge is 0.289 e. The monoisotopic (exact) mass is 323 g/mol. The standard InChI is InChI=1S/C16H13N5O3/c22-14-6-3-4-10(15(14)23)9-18-21-16(24)13-8-12(19-20-13)11-5-1-2-7-17-11/h1-9,22-23H,(H,19,20)(H,21,24)/b18-9+. The molecule has 8 nitrogen and oxygen atoms in total. The summed E-state index contributed by atoms with van der Waals surface area (Å²) in [6.45, 7) is 0. The third-order valence-electron chi connectivity index (χ3n) is 3.17. The number of carbonyl (C=O) groups excluding carboxylic acids is 1. The Morgan fingerprint density at radius 1 is 1.17 bits per heavy atom. The molecule has 0 bridgehead atoms. The lowest BCUT2D eigenvalue weighted by molar-refractivity contribution is 0.0950. The van der Waals surface area contributed by atoms with Crippen LogP contribution >= 0.6 is 0 Å². The van der Waals surface area contributed by atoms with Gasteiger partial charge in [-0.3, -0.25) is 14.9 Å². The lowest BCUT2D eigenvalue weighted by Crippen LogP contribution is -2.18. The average molecular weight is 323 g/mol. The first-order valence-electron chi connectivity index (χ1n) is 6.96. The Morgan fingerprint density at radius 2 is 2.04 bits per heavy atom. The van der Waals surface area contributed by atoms with Crippen molar-refractivity contribution in [3.63, 3.8) is 0 Å². The maximum absolute atomic E-state index is 12.0. The fraction of sp³-hybridized carbons (Fsp3) is 0. The van der Waals surface area contributed by atoms with Crippen LogP contribution in [0.15, 0.2) is 53.8 Å². The Bertz CT molecular complexity index is 890. The predicted molar refractivity (Wildman–Crippen MR) is 86.7 cm³/mol. The number of nitrogens with zero attached hydrogens (tertiary/aromatic N) is 3. The second-order valence-electron chi connectivity index (χ2n) is 4.80. The highest BCUT2D eigenvalue weighted by atomic mass is 16.3. The van der Waals surface area contributed by atoms with Gasteiger partial charge in [0, 0.05) is 11.8 Å². The number of hydrogen-bond acceptors (Lipinski definition) is 6. The molecule has 0 spiro atoms. The molecular weight excluding hydrogens is 310 g/mol. The van der Waals surface area contributed by atoms with E-state index in [1.807, 2.05) is 6.07 Å². The number of rotatable bonds is 4. The molecule has 1 amide bonds. The summed E-state index contributed by atoms with van der Waals surface area (Å²) in [5, 5.41) is 29.4. The zero-order valence-electron chi connectivity index (χ0n) is 12.3. The highest BCUT2D eigenvalue weighted by Crippen LogP contribution is 2.26. The molecule has 0 saturated heterocycles. The van der Waals surface area contributed by atoms with Crippen molar-refractivity contribution in [3.8, 4) is 22.9 Å². The molecule has 120 valence electrons. The third kappa shape index (κ3) is 3.22. The van der Waals surface area contributed by atoms with Crippen molar-refractivity contribution in [2.24, 2.45) is 5.10 Å². The Labute approximate surface area is 136 Å². The van der Waals surface area contributed by atoms with Gasteiger partial charge in [0.25, 0.3) is 5.91 Å². The minimum atomic E-state index is -0.499. The molecule has 0 saturated carbocycles. The molecule has 24 heavy (non-hydrogen) atoms. The topological polar surface area (TPSA) is 123 Å². The van der Waals surface area contributed by atoms with Crippen molar-refractivity contribution in [2.45, 2.75) is 0 Å². The number of H-pyrrole nitrogens is 1. The molecule has 3 aromatic rings. The summed E-state index contributed by atoms with van der Waals surface area (Å²) in [7, 11) is 0. The number of aromatic hydroxyl groups is 2. The number of benzene rings is 1. The van der Waals surface area contributed by atoms with E-state index >= 15 is 0 Å². The zero-order chi connectivity index (χ0) is 16.9. The van der Waals surface area contributed by atoms with Crippen LogP contribution in [0.25, 0.3) is 11.4 Å². The van der Waals surface area contributed by atoms with Crippen molar-refractivity contribution in [1.82, 2.24) is 20.6 Å². The molecule has 0 unspecified atom stereocenters. The van der Waals surface area contributed by atoms with Crippen LogP contribution in [0, 0.1) is 0 Å². The van der Waals surface area contributed by atoms with E-state index in [4.69, 9.17) is 0 Å². The Hall–Kier alpha value is -3.68. The Morgan fingerprint density at radius 3 is 2.83 bits per heavy atom. The lowest BCUT2D eigenvalue weighted by Gasteiger charge is -2.00. The van der Waals surface area contributed by atoms with Crippen LogP contribution in [0.5, 0.6) is 11.5 Å². The van der Waals surface area contributed by atoms with Crippen LogP contribution < -0.4 is 5.43 Å². The zero-order valence-corrected chi connectivity index (χ0v) is 12.3. The van der Waals surface area contributed by atoms with Gasteiger partial charge in [0.2, 0.25) is 0 Å². The van der Waals surface area contributed by atoms with Gasteiger partial charge in [0.05, 0.1) is 11.9 Å². The molecule has 3 rings (SSSR count). The maximum Gasteiger partial charge on any atom is 0.289 e. The second-order valence-corrected chi connectivity index (χ2v) is 4.80. The van der Waals surface area contributed by atoms with Gasteiger partial charge in [-0.1, -0.05) is 12.1 Å². The molecule has 0 atom stereocenters. The van der Waals surface area contributed by atoms with Crippen molar-refractivity contribution in [2.75, 3.05) is 0 Å². The van der Waals surface area contributed by atoms with Crippen LogP contribution in [0.2, 0.25) is 0 Å². The largest absolute Gasteiger partial charge is 0.504 e. The van der Waals surface area contributed by atoms with E-state index in [1.165, 1.54) is 12.3 Å². The van der Waals surface area contributed by atoms with Crippen molar-refractivity contribution in [3.05, 3.63) is 59.9 Å². The van der Waals surface area contributed by atoms with Gasteiger partial charge >= 0.3 is 0 Å². The van der Waals surface area contributed by atoms with Gasteiger partial charge in [-0.2, -0.15) is 10.2 Å². The number of carbonyl (C=O) groups is 1. The van der Waals surface area contributed by atoms with Crippen LogP contribution in [-0.2, 0) is 0 Å². The molecule has 0 aliphatic carbocycles. The van der Waals surface area contributed by atoms with E-state index in [0.717, 1.165) is 0 Å². The second kappa shape index (κ2) is 6.61. The molecule has 2 heterocycles. The highest BCUT2D eigenvalue weighted by Gasteiger charge is 2.11. The molecule has 0 aliphatic heterocycles. The number of aromatic nitrogens is 3. The molecule has 0 radical (unpaired) electrons. The molecule has 1 aromatic carbocycles. The summed E-state index contributed by atoms with van der Waals surface area (Å²) in [5.41, 5.74) is 3.97. The summed E-state index contributed by atoms with van der Waals surface area (Å²) < 4.78 is 0. The SMILES string of the molecule is O=C(N/N=C/c1cccc(O)c1O)c1cc(-c2ccccn2)n[nH]1. The average Bonchev–Trinajstić information content (AvgIpc) is 3.09. The molecule has 4 N–H and O–H groups in total. The summed E-state index contributed by atoms with van der Waals surface area (Å²) >= 11 is 0. The normalized spacial score (nSPS) is 10.8. The first kappa shape index (κ1) is 15.2. The summed E-state index contributed by atoms with van der Waals surface area (Å²) in [6.07, 6.45) is 2.86. The fourth-order valence-electron chi connectivity index (χ4n) is 1.96. The maximum atomic E-state index is 12.0. The van der Waals surface area contributed by atoms with Gasteiger partial charge in [0.15, 0.2) is 11.5 Å². The van der Waals surface area contributed by atoms with Gasteiger partial charge in [-0.15, -0.1) is 0 Å².